The van der Waals surface area contributed by atoms with Crippen molar-refractivity contribution in [2.24, 2.45) is 0 Å². The Hall–Kier alpha value is -3.97. The molecule has 1 aromatic heterocycles. The molecular formula is C30H31N3O3S. The van der Waals surface area contributed by atoms with E-state index in [0.29, 0.717) is 12.1 Å². The van der Waals surface area contributed by atoms with E-state index in [1.807, 2.05) is 12.1 Å². The number of hydrogen-bond donors (Lipinski definition) is 2. The number of aryl methyl sites for hydroxylation is 4. The fourth-order valence-corrected chi connectivity index (χ4v) is 4.95. The van der Waals surface area contributed by atoms with E-state index < -0.39 is 5.97 Å². The Labute approximate surface area is 221 Å². The molecule has 0 fully saturated rings. The van der Waals surface area contributed by atoms with Crippen LogP contribution in [0.5, 0.6) is 0 Å². The standard InChI is InChI=1S/C30H31N3O3S/c1-19-5-12-26(22(4)15-19)27-18-37-30(32-27)33(25-11-6-20(2)21(3)16-25)17-23-7-9-24(10-8-23)29(36)31-14-13-28(34)35/h5-12,15-16,18H,13-14,17H2,1-4H3,(H,31,36)(H,34,35). The molecule has 0 spiro atoms. The first-order valence-corrected chi connectivity index (χ1v) is 13.1. The van der Waals surface area contributed by atoms with Gasteiger partial charge in [-0.3, -0.25) is 9.59 Å². The number of hydrogen-bond acceptors (Lipinski definition) is 5. The summed E-state index contributed by atoms with van der Waals surface area (Å²) >= 11 is 1.61. The zero-order chi connectivity index (χ0) is 26.5. The smallest absolute Gasteiger partial charge is 0.305 e. The summed E-state index contributed by atoms with van der Waals surface area (Å²) in [6, 6.07) is 20.2. The van der Waals surface area contributed by atoms with Gasteiger partial charge >= 0.3 is 5.97 Å². The van der Waals surface area contributed by atoms with E-state index in [2.05, 4.69) is 79.7 Å². The summed E-state index contributed by atoms with van der Waals surface area (Å²) in [4.78, 5) is 30.2. The van der Waals surface area contributed by atoms with Crippen LogP contribution in [0.3, 0.4) is 0 Å². The van der Waals surface area contributed by atoms with E-state index in [9.17, 15) is 9.59 Å². The van der Waals surface area contributed by atoms with E-state index in [1.165, 1.54) is 22.3 Å². The van der Waals surface area contributed by atoms with Gasteiger partial charge in [-0.15, -0.1) is 11.3 Å². The van der Waals surface area contributed by atoms with E-state index >= 15 is 0 Å². The summed E-state index contributed by atoms with van der Waals surface area (Å²) in [6.07, 6.45) is -0.104. The lowest BCUT2D eigenvalue weighted by molar-refractivity contribution is -0.136. The molecular weight excluding hydrogens is 482 g/mol. The van der Waals surface area contributed by atoms with Crippen LogP contribution in [-0.2, 0) is 11.3 Å². The predicted molar refractivity (Wildman–Crippen MR) is 150 cm³/mol. The number of anilines is 2. The average molecular weight is 514 g/mol. The molecule has 0 unspecified atom stereocenters. The maximum Gasteiger partial charge on any atom is 0.305 e. The molecule has 0 radical (unpaired) electrons. The second-order valence-corrected chi connectivity index (χ2v) is 10.1. The zero-order valence-electron chi connectivity index (χ0n) is 21.5. The molecule has 190 valence electrons. The van der Waals surface area contributed by atoms with Crippen LogP contribution in [-0.4, -0.2) is 28.5 Å². The molecule has 0 atom stereocenters. The van der Waals surface area contributed by atoms with Gasteiger partial charge in [0, 0.05) is 28.7 Å². The number of aliphatic carboxylic acids is 1. The van der Waals surface area contributed by atoms with E-state index in [1.54, 1.807) is 23.5 Å². The van der Waals surface area contributed by atoms with Gasteiger partial charge in [-0.1, -0.05) is 42.0 Å². The van der Waals surface area contributed by atoms with E-state index in [-0.39, 0.29) is 18.9 Å². The molecule has 37 heavy (non-hydrogen) atoms. The number of carbonyl (C=O) groups is 2. The fraction of sp³-hybridized carbons (Fsp3) is 0.233. The number of carboxylic acids is 1. The Bertz CT molecular complexity index is 1430. The molecule has 0 aliphatic rings. The topological polar surface area (TPSA) is 82.5 Å². The molecule has 1 amide bonds. The number of aromatic nitrogens is 1. The molecule has 3 aromatic carbocycles. The SMILES string of the molecule is Cc1ccc(-c2csc(N(Cc3ccc(C(=O)NCCC(=O)O)cc3)c3ccc(C)c(C)c3)n2)c(C)c1. The molecule has 0 saturated carbocycles. The monoisotopic (exact) mass is 513 g/mol. The maximum absolute atomic E-state index is 12.3. The van der Waals surface area contributed by atoms with Gasteiger partial charge in [-0.25, -0.2) is 4.98 Å². The molecule has 4 aromatic rings. The zero-order valence-corrected chi connectivity index (χ0v) is 22.4. The van der Waals surface area contributed by atoms with Gasteiger partial charge in [0.25, 0.3) is 5.91 Å². The normalized spacial score (nSPS) is 10.8. The van der Waals surface area contributed by atoms with Crippen LogP contribution in [0.25, 0.3) is 11.3 Å². The largest absolute Gasteiger partial charge is 0.481 e. The van der Waals surface area contributed by atoms with Crippen molar-refractivity contribution >= 4 is 34.0 Å². The number of thiazole rings is 1. The van der Waals surface area contributed by atoms with E-state index in [0.717, 1.165) is 27.6 Å². The lowest BCUT2D eigenvalue weighted by atomic mass is 10.0. The van der Waals surface area contributed by atoms with Crippen LogP contribution in [0.15, 0.2) is 66.0 Å². The molecule has 4 rings (SSSR count). The van der Waals surface area contributed by atoms with Crippen LogP contribution in [0.1, 0.15) is 44.6 Å². The number of nitrogens with one attached hydrogen (secondary N) is 1. The molecule has 2 N–H and O–H groups in total. The number of nitrogens with zero attached hydrogens (tertiary/aromatic N) is 2. The molecule has 0 bridgehead atoms. The third kappa shape index (κ3) is 6.43. The van der Waals surface area contributed by atoms with Crippen molar-refractivity contribution in [2.75, 3.05) is 11.4 Å². The Morgan fingerprint density at radius 3 is 2.35 bits per heavy atom. The molecule has 0 aliphatic carbocycles. The van der Waals surface area contributed by atoms with Gasteiger partial charge in [0.1, 0.15) is 0 Å². The highest BCUT2D eigenvalue weighted by molar-refractivity contribution is 7.14. The predicted octanol–water partition coefficient (Wildman–Crippen LogP) is 6.59. The number of amides is 1. The first-order chi connectivity index (χ1) is 17.7. The van der Waals surface area contributed by atoms with Crippen LogP contribution in [0.4, 0.5) is 10.8 Å². The Morgan fingerprint density at radius 2 is 1.68 bits per heavy atom. The molecule has 6 nitrogen and oxygen atoms in total. The van der Waals surface area contributed by atoms with Crippen molar-refractivity contribution in [3.05, 3.63) is 99.4 Å². The molecule has 1 heterocycles. The number of carbonyl (C=O) groups excluding carboxylic acids is 1. The Morgan fingerprint density at radius 1 is 0.919 bits per heavy atom. The molecule has 7 heteroatoms. The fourth-order valence-electron chi connectivity index (χ4n) is 4.10. The number of carboxylic acid groups (broad SMARTS) is 1. The minimum atomic E-state index is -0.940. The first kappa shape index (κ1) is 26.1. The minimum Gasteiger partial charge on any atom is -0.481 e. The first-order valence-electron chi connectivity index (χ1n) is 12.2. The third-order valence-electron chi connectivity index (χ3n) is 6.36. The average Bonchev–Trinajstić information content (AvgIpc) is 3.34. The molecule has 0 aliphatic heterocycles. The highest BCUT2D eigenvalue weighted by Gasteiger charge is 2.17. The van der Waals surface area contributed by atoms with Crippen LogP contribution in [0, 0.1) is 27.7 Å². The second-order valence-electron chi connectivity index (χ2n) is 9.28. The quantitative estimate of drug-likeness (QED) is 0.264. The summed E-state index contributed by atoms with van der Waals surface area (Å²) in [7, 11) is 0. The van der Waals surface area contributed by atoms with Gasteiger partial charge in [-0.2, -0.15) is 0 Å². The van der Waals surface area contributed by atoms with Crippen molar-refractivity contribution in [2.45, 2.75) is 40.7 Å². The summed E-state index contributed by atoms with van der Waals surface area (Å²) in [5.41, 5.74) is 9.55. The summed E-state index contributed by atoms with van der Waals surface area (Å²) in [5, 5.41) is 14.4. The third-order valence-corrected chi connectivity index (χ3v) is 7.23. The van der Waals surface area contributed by atoms with E-state index in [4.69, 9.17) is 10.1 Å². The van der Waals surface area contributed by atoms with Crippen molar-refractivity contribution in [3.8, 4) is 11.3 Å². The highest BCUT2D eigenvalue weighted by atomic mass is 32.1. The van der Waals surface area contributed by atoms with Crippen molar-refractivity contribution in [1.82, 2.24) is 10.3 Å². The number of rotatable bonds is 9. The summed E-state index contributed by atoms with van der Waals surface area (Å²) < 4.78 is 0. The van der Waals surface area contributed by atoms with Gasteiger partial charge in [0.2, 0.25) is 0 Å². The summed E-state index contributed by atoms with van der Waals surface area (Å²) in [6.45, 7) is 9.10. The van der Waals surface area contributed by atoms with Crippen LogP contribution >= 0.6 is 11.3 Å². The van der Waals surface area contributed by atoms with Crippen molar-refractivity contribution in [1.29, 1.82) is 0 Å². The Balaban J connectivity index is 1.61. The van der Waals surface area contributed by atoms with Gasteiger partial charge in [-0.05, 0) is 74.2 Å². The minimum absolute atomic E-state index is 0.101. The van der Waals surface area contributed by atoms with Crippen molar-refractivity contribution < 1.29 is 14.7 Å². The highest BCUT2D eigenvalue weighted by Crippen LogP contribution is 2.35. The lowest BCUT2D eigenvalue weighted by Crippen LogP contribution is -2.26. The second kappa shape index (κ2) is 11.4. The maximum atomic E-state index is 12.3. The van der Waals surface area contributed by atoms with Gasteiger partial charge in [0.05, 0.1) is 18.7 Å². The lowest BCUT2D eigenvalue weighted by Gasteiger charge is -2.23. The Kier molecular flexibility index (Phi) is 8.04. The summed E-state index contributed by atoms with van der Waals surface area (Å²) in [5.74, 6) is -1.22. The van der Waals surface area contributed by atoms with Gasteiger partial charge < -0.3 is 15.3 Å². The molecule has 0 saturated heterocycles. The van der Waals surface area contributed by atoms with Crippen LogP contribution in [0.2, 0.25) is 0 Å². The van der Waals surface area contributed by atoms with Gasteiger partial charge in [0.15, 0.2) is 5.13 Å². The van der Waals surface area contributed by atoms with Crippen LogP contribution < -0.4 is 10.2 Å². The van der Waals surface area contributed by atoms with Crippen molar-refractivity contribution in [3.63, 3.8) is 0 Å². The number of benzene rings is 3.